The molecular weight excluding hydrogens is 232 g/mol. The quantitative estimate of drug-likeness (QED) is 0.860. The zero-order valence-corrected chi connectivity index (χ0v) is 9.87. The van der Waals surface area contributed by atoms with Crippen LogP contribution in [0.4, 0.5) is 0 Å². The Labute approximate surface area is 104 Å². The van der Waals surface area contributed by atoms with E-state index in [-0.39, 0.29) is 12.3 Å². The van der Waals surface area contributed by atoms with Crippen molar-refractivity contribution in [2.24, 2.45) is 0 Å². The second kappa shape index (κ2) is 5.29. The van der Waals surface area contributed by atoms with E-state index in [1.807, 2.05) is 24.3 Å². The Morgan fingerprint density at radius 1 is 1.50 bits per heavy atom. The Balaban J connectivity index is 2.54. The van der Waals surface area contributed by atoms with Gasteiger partial charge in [-0.25, -0.2) is 4.68 Å². The summed E-state index contributed by atoms with van der Waals surface area (Å²) in [6.45, 7) is 0.229. The van der Waals surface area contributed by atoms with E-state index >= 15 is 0 Å². The lowest BCUT2D eigenvalue weighted by Gasteiger charge is -2.06. The van der Waals surface area contributed by atoms with Crippen LogP contribution in [-0.2, 0) is 6.54 Å². The van der Waals surface area contributed by atoms with Gasteiger partial charge in [-0.1, -0.05) is 17.3 Å². The highest BCUT2D eigenvalue weighted by Gasteiger charge is 2.14. The Morgan fingerprint density at radius 2 is 2.33 bits per heavy atom. The normalized spacial score (nSPS) is 10.1. The van der Waals surface area contributed by atoms with Gasteiger partial charge in [0, 0.05) is 5.56 Å². The molecule has 0 amide bonds. The molecule has 0 aliphatic rings. The van der Waals surface area contributed by atoms with Crippen molar-refractivity contribution < 1.29 is 9.84 Å². The monoisotopic (exact) mass is 244 g/mol. The van der Waals surface area contributed by atoms with Gasteiger partial charge in [0.2, 0.25) is 0 Å². The summed E-state index contributed by atoms with van der Waals surface area (Å²) in [5, 5.41) is 25.6. The molecule has 18 heavy (non-hydrogen) atoms. The fourth-order valence-corrected chi connectivity index (χ4v) is 1.70. The van der Waals surface area contributed by atoms with Crippen molar-refractivity contribution in [2.75, 3.05) is 13.7 Å². The number of hydrogen-bond acceptors (Lipinski definition) is 5. The van der Waals surface area contributed by atoms with Crippen LogP contribution in [0.15, 0.2) is 24.3 Å². The maximum absolute atomic E-state index is 9.03. The standard InChI is InChI=1S/C12H12N4O2/c1-18-10-4-2-3-9(7-10)12-11(8-13)14-15-16(12)5-6-17/h2-4,7,17H,5-6H2,1H3. The van der Waals surface area contributed by atoms with Crippen LogP contribution < -0.4 is 4.74 Å². The molecule has 0 aliphatic carbocycles. The third-order valence-electron chi connectivity index (χ3n) is 2.50. The minimum atomic E-state index is -0.0643. The van der Waals surface area contributed by atoms with Crippen molar-refractivity contribution in [3.05, 3.63) is 30.0 Å². The van der Waals surface area contributed by atoms with Crippen molar-refractivity contribution in [3.63, 3.8) is 0 Å². The Morgan fingerprint density at radius 3 is 3.00 bits per heavy atom. The van der Waals surface area contributed by atoms with E-state index in [4.69, 9.17) is 15.1 Å². The first kappa shape index (κ1) is 12.1. The molecule has 0 saturated carbocycles. The van der Waals surface area contributed by atoms with E-state index in [1.165, 1.54) is 4.68 Å². The van der Waals surface area contributed by atoms with Crippen LogP contribution in [0.1, 0.15) is 5.69 Å². The molecule has 0 spiro atoms. The van der Waals surface area contributed by atoms with Gasteiger partial charge in [0.15, 0.2) is 5.69 Å². The van der Waals surface area contributed by atoms with Gasteiger partial charge < -0.3 is 9.84 Å². The number of aliphatic hydroxyl groups is 1. The number of benzene rings is 1. The van der Waals surface area contributed by atoms with Crippen molar-refractivity contribution >= 4 is 0 Å². The van der Waals surface area contributed by atoms with Crippen LogP contribution in [0.5, 0.6) is 5.75 Å². The van der Waals surface area contributed by atoms with Crippen LogP contribution >= 0.6 is 0 Å². The van der Waals surface area contributed by atoms with Crippen LogP contribution in [-0.4, -0.2) is 33.8 Å². The number of nitriles is 1. The van der Waals surface area contributed by atoms with Crippen LogP contribution in [0, 0.1) is 11.3 Å². The average molecular weight is 244 g/mol. The molecule has 2 rings (SSSR count). The highest BCUT2D eigenvalue weighted by atomic mass is 16.5. The molecule has 0 radical (unpaired) electrons. The summed E-state index contributed by atoms with van der Waals surface area (Å²) in [6.07, 6.45) is 0. The molecule has 1 heterocycles. The van der Waals surface area contributed by atoms with Crippen LogP contribution in [0.25, 0.3) is 11.3 Å². The van der Waals surface area contributed by atoms with Crippen molar-refractivity contribution in [1.82, 2.24) is 15.0 Å². The molecule has 0 saturated heterocycles. The minimum Gasteiger partial charge on any atom is -0.497 e. The van der Waals surface area contributed by atoms with E-state index in [9.17, 15) is 0 Å². The smallest absolute Gasteiger partial charge is 0.190 e. The SMILES string of the molecule is COc1cccc(-c2c(C#N)nnn2CCO)c1. The third kappa shape index (κ3) is 2.17. The molecule has 0 atom stereocenters. The Bertz CT molecular complexity index is 586. The van der Waals surface area contributed by atoms with Gasteiger partial charge in [-0.15, -0.1) is 5.10 Å². The molecule has 6 nitrogen and oxygen atoms in total. The molecular formula is C12H12N4O2. The zero-order valence-electron chi connectivity index (χ0n) is 9.87. The van der Waals surface area contributed by atoms with Crippen molar-refractivity contribution in [3.8, 4) is 23.1 Å². The predicted molar refractivity (Wildman–Crippen MR) is 63.8 cm³/mol. The highest BCUT2D eigenvalue weighted by molar-refractivity contribution is 5.66. The molecule has 92 valence electrons. The van der Waals surface area contributed by atoms with Crippen LogP contribution in [0.2, 0.25) is 0 Å². The zero-order chi connectivity index (χ0) is 13.0. The first-order valence-electron chi connectivity index (χ1n) is 5.39. The summed E-state index contributed by atoms with van der Waals surface area (Å²) in [4.78, 5) is 0. The van der Waals surface area contributed by atoms with Crippen molar-refractivity contribution in [1.29, 1.82) is 5.26 Å². The summed E-state index contributed by atoms with van der Waals surface area (Å²) in [7, 11) is 1.58. The Kier molecular flexibility index (Phi) is 3.55. The minimum absolute atomic E-state index is 0.0643. The first-order chi connectivity index (χ1) is 8.80. The first-order valence-corrected chi connectivity index (χ1v) is 5.39. The molecule has 0 bridgehead atoms. The van der Waals surface area contributed by atoms with E-state index in [0.717, 1.165) is 5.56 Å². The fraction of sp³-hybridized carbons (Fsp3) is 0.250. The van der Waals surface area contributed by atoms with Crippen molar-refractivity contribution in [2.45, 2.75) is 6.54 Å². The number of rotatable bonds is 4. The maximum atomic E-state index is 9.03. The molecule has 6 heteroatoms. The summed E-state index contributed by atoms with van der Waals surface area (Å²) in [5.41, 5.74) is 1.60. The largest absolute Gasteiger partial charge is 0.497 e. The molecule has 0 aliphatic heterocycles. The highest BCUT2D eigenvalue weighted by Crippen LogP contribution is 2.25. The second-order valence-corrected chi connectivity index (χ2v) is 3.58. The number of hydrogen-bond donors (Lipinski definition) is 1. The van der Waals surface area contributed by atoms with Gasteiger partial charge in [0.25, 0.3) is 0 Å². The molecule has 1 aromatic carbocycles. The maximum Gasteiger partial charge on any atom is 0.190 e. The van der Waals surface area contributed by atoms with Gasteiger partial charge in [0.05, 0.1) is 20.3 Å². The van der Waals surface area contributed by atoms with Gasteiger partial charge in [-0.05, 0) is 12.1 Å². The topological polar surface area (TPSA) is 84.0 Å². The molecule has 0 fully saturated rings. The number of methoxy groups -OCH3 is 1. The Hall–Kier alpha value is -2.39. The van der Waals surface area contributed by atoms with E-state index in [0.29, 0.717) is 18.0 Å². The summed E-state index contributed by atoms with van der Waals surface area (Å²) >= 11 is 0. The molecule has 1 N–H and O–H groups in total. The molecule has 0 unspecified atom stereocenters. The van der Waals surface area contributed by atoms with Gasteiger partial charge in [0.1, 0.15) is 17.5 Å². The fourth-order valence-electron chi connectivity index (χ4n) is 1.70. The average Bonchev–Trinajstić information content (AvgIpc) is 2.82. The predicted octanol–water partition coefficient (Wildman–Crippen LogP) is 0.818. The van der Waals surface area contributed by atoms with Gasteiger partial charge in [-0.2, -0.15) is 5.26 Å². The molecule has 2 aromatic rings. The number of aliphatic hydroxyl groups excluding tert-OH is 1. The second-order valence-electron chi connectivity index (χ2n) is 3.58. The van der Waals surface area contributed by atoms with E-state index < -0.39 is 0 Å². The van der Waals surface area contributed by atoms with Gasteiger partial charge in [-0.3, -0.25) is 0 Å². The number of ether oxygens (including phenoxy) is 1. The lowest BCUT2D eigenvalue weighted by Crippen LogP contribution is -2.06. The summed E-state index contributed by atoms with van der Waals surface area (Å²) in [5.74, 6) is 0.688. The van der Waals surface area contributed by atoms with Crippen LogP contribution in [0.3, 0.4) is 0 Å². The lowest BCUT2D eigenvalue weighted by molar-refractivity contribution is 0.269. The van der Waals surface area contributed by atoms with E-state index in [2.05, 4.69) is 10.3 Å². The number of aromatic nitrogens is 3. The van der Waals surface area contributed by atoms with E-state index in [1.54, 1.807) is 13.2 Å². The summed E-state index contributed by atoms with van der Waals surface area (Å²) < 4.78 is 6.65. The third-order valence-corrected chi connectivity index (χ3v) is 2.50. The summed E-state index contributed by atoms with van der Waals surface area (Å²) in [6, 6.07) is 9.28. The van der Waals surface area contributed by atoms with Gasteiger partial charge >= 0.3 is 0 Å². The number of nitrogens with zero attached hydrogens (tertiary/aromatic N) is 4. The lowest BCUT2D eigenvalue weighted by atomic mass is 10.1. The molecule has 1 aromatic heterocycles.